The summed E-state index contributed by atoms with van der Waals surface area (Å²) < 4.78 is 0. The maximum atomic E-state index is 6.03. The van der Waals surface area contributed by atoms with Crippen molar-refractivity contribution >= 4 is 50.7 Å². The third-order valence-electron chi connectivity index (χ3n) is 2.31. The number of nitrogens with zero attached hydrogens (tertiary/aromatic N) is 2. The van der Waals surface area contributed by atoms with Gasteiger partial charge in [0.2, 0.25) is 0 Å². The van der Waals surface area contributed by atoms with Crippen LogP contribution in [-0.4, -0.2) is 21.4 Å². The van der Waals surface area contributed by atoms with E-state index < -0.39 is 0 Å². The number of alkyl halides is 2. The summed E-state index contributed by atoms with van der Waals surface area (Å²) in [6.07, 6.45) is 0. The lowest BCUT2D eigenvalue weighted by atomic mass is 9.85. The summed E-state index contributed by atoms with van der Waals surface area (Å²) >= 11 is 21.3. The van der Waals surface area contributed by atoms with Crippen molar-refractivity contribution in [3.63, 3.8) is 0 Å². The topological polar surface area (TPSA) is 25.8 Å². The molecule has 84 valence electrons. The smallest absolute Gasteiger partial charge is 0.137 e. The highest BCUT2D eigenvalue weighted by Crippen LogP contribution is 2.35. The second kappa shape index (κ2) is 5.17. The van der Waals surface area contributed by atoms with Gasteiger partial charge in [0.1, 0.15) is 0 Å². The van der Waals surface area contributed by atoms with E-state index in [0.29, 0.717) is 21.5 Å². The minimum Gasteiger partial charge on any atom is -0.137 e. The lowest BCUT2D eigenvalue weighted by Gasteiger charge is -2.27. The van der Waals surface area contributed by atoms with Crippen molar-refractivity contribution in [2.45, 2.75) is 19.3 Å². The van der Waals surface area contributed by atoms with Gasteiger partial charge in [-0.1, -0.05) is 46.1 Å². The quantitative estimate of drug-likeness (QED) is 0.782. The first-order valence-electron chi connectivity index (χ1n) is 4.27. The summed E-state index contributed by atoms with van der Waals surface area (Å²) in [5.41, 5.74) is 1.40. The summed E-state index contributed by atoms with van der Waals surface area (Å²) in [6.45, 7) is 3.87. The Kier molecular flexibility index (Phi) is 4.65. The van der Waals surface area contributed by atoms with E-state index in [2.05, 4.69) is 26.1 Å². The molecule has 1 aromatic heterocycles. The van der Waals surface area contributed by atoms with Crippen LogP contribution in [-0.2, 0) is 5.41 Å². The predicted octanol–water partition coefficient (Wildman–Crippen LogP) is 3.98. The van der Waals surface area contributed by atoms with E-state index >= 15 is 0 Å². The normalized spacial score (nSPS) is 15.1. The zero-order valence-electron chi connectivity index (χ0n) is 8.32. The van der Waals surface area contributed by atoms with Gasteiger partial charge in [0.05, 0.1) is 0 Å². The zero-order valence-corrected chi connectivity index (χ0v) is 12.2. The number of halogens is 4. The second-order valence-electron chi connectivity index (χ2n) is 3.61. The Balaban J connectivity index is 3.41. The third kappa shape index (κ3) is 2.57. The lowest BCUT2D eigenvalue weighted by Crippen LogP contribution is -2.28. The van der Waals surface area contributed by atoms with Crippen molar-refractivity contribution in [3.05, 3.63) is 21.4 Å². The van der Waals surface area contributed by atoms with Gasteiger partial charge < -0.3 is 0 Å². The fourth-order valence-electron chi connectivity index (χ4n) is 1.34. The Morgan fingerprint density at radius 3 is 2.27 bits per heavy atom. The number of hydrogen-bond donors (Lipinski definition) is 0. The molecular formula is C9H10BrCl3N2. The van der Waals surface area contributed by atoms with Crippen molar-refractivity contribution in [2.75, 3.05) is 11.2 Å². The SMILES string of the molecule is Cc1c(Cl)nnc(Cl)c1C(C)(CCl)CBr. The van der Waals surface area contributed by atoms with E-state index in [-0.39, 0.29) is 5.41 Å². The Labute approximate surface area is 112 Å². The van der Waals surface area contributed by atoms with Gasteiger partial charge in [-0.2, -0.15) is 0 Å². The Bertz CT molecular complexity index is 367. The molecule has 1 atom stereocenters. The van der Waals surface area contributed by atoms with Crippen LogP contribution in [0.25, 0.3) is 0 Å². The molecule has 0 fully saturated rings. The molecule has 0 aromatic carbocycles. The van der Waals surface area contributed by atoms with Gasteiger partial charge in [0.15, 0.2) is 10.3 Å². The first-order chi connectivity index (χ1) is 6.96. The fourth-order valence-corrected chi connectivity index (χ4v) is 2.82. The Hall–Kier alpha value is 0.430. The van der Waals surface area contributed by atoms with Gasteiger partial charge in [0, 0.05) is 22.2 Å². The van der Waals surface area contributed by atoms with Crippen LogP contribution in [0.1, 0.15) is 18.1 Å². The van der Waals surface area contributed by atoms with Crippen LogP contribution in [0.15, 0.2) is 0 Å². The molecule has 0 aliphatic rings. The van der Waals surface area contributed by atoms with Crippen LogP contribution < -0.4 is 0 Å². The van der Waals surface area contributed by atoms with E-state index in [9.17, 15) is 0 Å². The molecule has 15 heavy (non-hydrogen) atoms. The lowest BCUT2D eigenvalue weighted by molar-refractivity contribution is 0.603. The molecule has 0 saturated carbocycles. The average molecular weight is 332 g/mol. The van der Waals surface area contributed by atoms with Crippen molar-refractivity contribution < 1.29 is 0 Å². The molecule has 0 N–H and O–H groups in total. The van der Waals surface area contributed by atoms with Gasteiger partial charge in [-0.05, 0) is 12.5 Å². The van der Waals surface area contributed by atoms with Crippen LogP contribution in [0.5, 0.6) is 0 Å². The molecule has 0 amide bonds. The summed E-state index contributed by atoms with van der Waals surface area (Å²) in [5, 5.41) is 8.97. The predicted molar refractivity (Wildman–Crippen MR) is 68.7 cm³/mol. The van der Waals surface area contributed by atoms with Crippen LogP contribution in [0.3, 0.4) is 0 Å². The molecule has 0 aliphatic carbocycles. The van der Waals surface area contributed by atoms with Gasteiger partial charge in [-0.15, -0.1) is 21.8 Å². The zero-order chi connectivity index (χ0) is 11.6. The maximum Gasteiger partial charge on any atom is 0.155 e. The van der Waals surface area contributed by atoms with Gasteiger partial charge in [-0.25, -0.2) is 0 Å². The molecule has 0 radical (unpaired) electrons. The molecule has 6 heteroatoms. The monoisotopic (exact) mass is 330 g/mol. The number of hydrogen-bond acceptors (Lipinski definition) is 2. The molecule has 0 aliphatic heterocycles. The van der Waals surface area contributed by atoms with Crippen molar-refractivity contribution in [1.82, 2.24) is 10.2 Å². The summed E-state index contributed by atoms with van der Waals surface area (Å²) in [5.74, 6) is 0.431. The van der Waals surface area contributed by atoms with Crippen LogP contribution in [0.2, 0.25) is 10.3 Å². The third-order valence-corrected chi connectivity index (χ3v) is 4.76. The van der Waals surface area contributed by atoms with Gasteiger partial charge >= 0.3 is 0 Å². The van der Waals surface area contributed by atoms with Gasteiger partial charge in [-0.3, -0.25) is 0 Å². The van der Waals surface area contributed by atoms with Gasteiger partial charge in [0.25, 0.3) is 0 Å². The van der Waals surface area contributed by atoms with E-state index in [0.717, 1.165) is 11.1 Å². The maximum absolute atomic E-state index is 6.03. The molecular weight excluding hydrogens is 322 g/mol. The molecule has 1 rings (SSSR count). The summed E-state index contributed by atoms with van der Waals surface area (Å²) in [7, 11) is 0. The molecule has 1 heterocycles. The van der Waals surface area contributed by atoms with E-state index in [1.165, 1.54) is 0 Å². The van der Waals surface area contributed by atoms with Crippen molar-refractivity contribution in [2.24, 2.45) is 0 Å². The fraction of sp³-hybridized carbons (Fsp3) is 0.556. The van der Waals surface area contributed by atoms with Crippen molar-refractivity contribution in [3.8, 4) is 0 Å². The number of aromatic nitrogens is 2. The Morgan fingerprint density at radius 1 is 1.27 bits per heavy atom. The molecule has 0 bridgehead atoms. The van der Waals surface area contributed by atoms with E-state index in [1.54, 1.807) is 0 Å². The minimum absolute atomic E-state index is 0.289. The minimum atomic E-state index is -0.289. The van der Waals surface area contributed by atoms with E-state index in [1.807, 2.05) is 13.8 Å². The Morgan fingerprint density at radius 2 is 1.80 bits per heavy atom. The van der Waals surface area contributed by atoms with Crippen LogP contribution in [0.4, 0.5) is 0 Å². The molecule has 2 nitrogen and oxygen atoms in total. The molecule has 0 spiro atoms. The van der Waals surface area contributed by atoms with Crippen molar-refractivity contribution in [1.29, 1.82) is 0 Å². The average Bonchev–Trinajstić information content (AvgIpc) is 2.23. The highest BCUT2D eigenvalue weighted by molar-refractivity contribution is 9.09. The molecule has 1 aromatic rings. The number of rotatable bonds is 3. The van der Waals surface area contributed by atoms with E-state index in [4.69, 9.17) is 34.8 Å². The molecule has 0 saturated heterocycles. The second-order valence-corrected chi connectivity index (χ2v) is 5.15. The van der Waals surface area contributed by atoms with Crippen LogP contribution >= 0.6 is 50.7 Å². The standard InChI is InChI=1S/C9H10BrCl3N2/c1-5-6(9(2,3-10)4-11)8(13)15-14-7(5)12/h3-4H2,1-2H3. The highest BCUT2D eigenvalue weighted by atomic mass is 79.9. The first kappa shape index (κ1) is 13.5. The first-order valence-corrected chi connectivity index (χ1v) is 6.68. The summed E-state index contributed by atoms with van der Waals surface area (Å²) in [6, 6.07) is 0. The molecule has 1 unspecified atom stereocenters. The summed E-state index contributed by atoms with van der Waals surface area (Å²) in [4.78, 5) is 0. The highest BCUT2D eigenvalue weighted by Gasteiger charge is 2.30. The van der Waals surface area contributed by atoms with Crippen LogP contribution in [0, 0.1) is 6.92 Å². The largest absolute Gasteiger partial charge is 0.155 e.